The molecule has 0 saturated heterocycles. The zero-order valence-electron chi connectivity index (χ0n) is 10.6. The van der Waals surface area contributed by atoms with E-state index in [1.54, 1.807) is 12.1 Å². The number of benzene rings is 2. The lowest BCUT2D eigenvalue weighted by Crippen LogP contribution is -2.07. The van der Waals surface area contributed by atoms with Crippen LogP contribution in [-0.2, 0) is 6.61 Å². The monoisotopic (exact) mass is 261 g/mol. The molecule has 0 radical (unpaired) electrons. The average molecular weight is 261 g/mol. The van der Waals surface area contributed by atoms with Crippen LogP contribution in [0.2, 0.25) is 0 Å². The Morgan fingerprint density at radius 3 is 2.47 bits per heavy atom. The first-order valence-electron chi connectivity index (χ1n) is 6.05. The Kier molecular flexibility index (Phi) is 4.02. The molecule has 0 amide bonds. The summed E-state index contributed by atoms with van der Waals surface area (Å²) < 4.78 is 13.2. The fourth-order valence-corrected chi connectivity index (χ4v) is 1.91. The van der Waals surface area contributed by atoms with Crippen LogP contribution in [-0.4, -0.2) is 10.2 Å². The topological polar surface area (TPSA) is 52.5 Å². The molecular formula is C15H16FNO2. The van der Waals surface area contributed by atoms with Crippen molar-refractivity contribution in [3.63, 3.8) is 0 Å². The van der Waals surface area contributed by atoms with Crippen LogP contribution in [0, 0.1) is 5.82 Å². The summed E-state index contributed by atoms with van der Waals surface area (Å²) in [5, 5.41) is 21.9. The van der Waals surface area contributed by atoms with Crippen LogP contribution in [0.5, 0.6) is 5.75 Å². The van der Waals surface area contributed by atoms with E-state index in [1.165, 1.54) is 18.2 Å². The summed E-state index contributed by atoms with van der Waals surface area (Å²) in [6, 6.07) is 10.9. The molecule has 100 valence electrons. The van der Waals surface area contributed by atoms with Crippen LogP contribution in [0.15, 0.2) is 42.5 Å². The lowest BCUT2D eigenvalue weighted by atomic mass is 10.1. The number of nitrogens with one attached hydrogen (secondary N) is 1. The Balaban J connectivity index is 2.15. The van der Waals surface area contributed by atoms with Crippen LogP contribution >= 0.6 is 0 Å². The summed E-state index contributed by atoms with van der Waals surface area (Å²) in [6.45, 7) is 1.84. The molecule has 2 aromatic rings. The van der Waals surface area contributed by atoms with Crippen molar-refractivity contribution in [2.75, 3.05) is 5.32 Å². The predicted octanol–water partition coefficient (Wildman–Crippen LogP) is 3.20. The van der Waals surface area contributed by atoms with Crippen LogP contribution in [0.3, 0.4) is 0 Å². The average Bonchev–Trinajstić information content (AvgIpc) is 2.42. The van der Waals surface area contributed by atoms with Crippen molar-refractivity contribution in [3.8, 4) is 5.75 Å². The fourth-order valence-electron chi connectivity index (χ4n) is 1.91. The number of halogens is 1. The van der Waals surface area contributed by atoms with Gasteiger partial charge in [-0.15, -0.1) is 0 Å². The van der Waals surface area contributed by atoms with Crippen molar-refractivity contribution in [1.82, 2.24) is 0 Å². The molecule has 1 atom stereocenters. The molecule has 0 spiro atoms. The number of phenolic OH excluding ortho intramolecular Hbond substituents is 1. The maximum Gasteiger partial charge on any atom is 0.123 e. The molecule has 2 aromatic carbocycles. The fraction of sp³-hybridized carbons (Fsp3) is 0.200. The molecule has 19 heavy (non-hydrogen) atoms. The molecule has 0 aromatic heterocycles. The van der Waals surface area contributed by atoms with E-state index in [-0.39, 0.29) is 24.2 Å². The minimum absolute atomic E-state index is 0.000514. The first-order chi connectivity index (χ1) is 9.10. The second kappa shape index (κ2) is 5.71. The maximum atomic E-state index is 13.2. The number of rotatable bonds is 4. The minimum Gasteiger partial charge on any atom is -0.508 e. The third-order valence-electron chi connectivity index (χ3n) is 2.98. The molecule has 2 rings (SSSR count). The van der Waals surface area contributed by atoms with Gasteiger partial charge >= 0.3 is 0 Å². The number of hydrogen-bond acceptors (Lipinski definition) is 3. The van der Waals surface area contributed by atoms with Crippen molar-refractivity contribution >= 4 is 5.69 Å². The Morgan fingerprint density at radius 2 is 1.84 bits per heavy atom. The largest absolute Gasteiger partial charge is 0.508 e. The predicted molar refractivity (Wildman–Crippen MR) is 72.5 cm³/mol. The van der Waals surface area contributed by atoms with Gasteiger partial charge in [-0.2, -0.15) is 0 Å². The highest BCUT2D eigenvalue weighted by atomic mass is 19.1. The highest BCUT2D eigenvalue weighted by molar-refractivity contribution is 5.48. The molecule has 0 bridgehead atoms. The number of anilines is 1. The smallest absolute Gasteiger partial charge is 0.123 e. The normalized spacial score (nSPS) is 12.2. The summed E-state index contributed by atoms with van der Waals surface area (Å²) in [5.41, 5.74) is 2.17. The highest BCUT2D eigenvalue weighted by Crippen LogP contribution is 2.27. The zero-order valence-corrected chi connectivity index (χ0v) is 10.6. The van der Waals surface area contributed by atoms with Gasteiger partial charge in [0.2, 0.25) is 0 Å². The first-order valence-corrected chi connectivity index (χ1v) is 6.05. The zero-order chi connectivity index (χ0) is 13.8. The summed E-state index contributed by atoms with van der Waals surface area (Å²) in [5.74, 6) is -0.314. The highest BCUT2D eigenvalue weighted by Gasteiger charge is 2.11. The second-order valence-corrected chi connectivity index (χ2v) is 4.42. The molecular weight excluding hydrogens is 245 g/mol. The number of aliphatic hydroxyl groups excluding tert-OH is 1. The van der Waals surface area contributed by atoms with Gasteiger partial charge in [0.1, 0.15) is 11.6 Å². The summed E-state index contributed by atoms with van der Waals surface area (Å²) in [7, 11) is 0. The van der Waals surface area contributed by atoms with Gasteiger partial charge in [0.25, 0.3) is 0 Å². The van der Waals surface area contributed by atoms with Crippen molar-refractivity contribution in [1.29, 1.82) is 0 Å². The van der Waals surface area contributed by atoms with E-state index in [9.17, 15) is 9.50 Å². The van der Waals surface area contributed by atoms with Crippen molar-refractivity contribution in [2.24, 2.45) is 0 Å². The van der Waals surface area contributed by atoms with Gasteiger partial charge in [-0.1, -0.05) is 12.1 Å². The van der Waals surface area contributed by atoms with E-state index in [1.807, 2.05) is 19.1 Å². The third-order valence-corrected chi connectivity index (χ3v) is 2.98. The molecule has 0 aliphatic carbocycles. The van der Waals surface area contributed by atoms with Crippen LogP contribution < -0.4 is 5.32 Å². The van der Waals surface area contributed by atoms with Gasteiger partial charge in [-0.3, -0.25) is 0 Å². The summed E-state index contributed by atoms with van der Waals surface area (Å²) >= 11 is 0. The van der Waals surface area contributed by atoms with E-state index in [4.69, 9.17) is 5.11 Å². The molecule has 3 nitrogen and oxygen atoms in total. The molecule has 0 saturated carbocycles. The molecule has 0 aliphatic rings. The number of phenols is 1. The Hall–Kier alpha value is -2.07. The Labute approximate surface area is 111 Å². The van der Waals surface area contributed by atoms with Gasteiger partial charge in [-0.05, 0) is 42.8 Å². The van der Waals surface area contributed by atoms with E-state index < -0.39 is 0 Å². The molecule has 4 heteroatoms. The lowest BCUT2D eigenvalue weighted by Gasteiger charge is -2.17. The van der Waals surface area contributed by atoms with Gasteiger partial charge in [-0.25, -0.2) is 4.39 Å². The van der Waals surface area contributed by atoms with Gasteiger partial charge in [0.15, 0.2) is 0 Å². The Bertz CT molecular complexity index is 555. The van der Waals surface area contributed by atoms with E-state index in [0.717, 1.165) is 11.3 Å². The van der Waals surface area contributed by atoms with Crippen molar-refractivity contribution < 1.29 is 14.6 Å². The van der Waals surface area contributed by atoms with Crippen LogP contribution in [0.1, 0.15) is 24.1 Å². The van der Waals surface area contributed by atoms with Crippen molar-refractivity contribution in [2.45, 2.75) is 19.6 Å². The van der Waals surface area contributed by atoms with E-state index in [2.05, 4.69) is 5.32 Å². The van der Waals surface area contributed by atoms with E-state index in [0.29, 0.717) is 5.56 Å². The van der Waals surface area contributed by atoms with Gasteiger partial charge < -0.3 is 15.5 Å². The molecule has 0 fully saturated rings. The van der Waals surface area contributed by atoms with Crippen molar-refractivity contribution in [3.05, 3.63) is 59.4 Å². The van der Waals surface area contributed by atoms with Gasteiger partial charge in [0.05, 0.1) is 12.6 Å². The number of hydrogen-bond donors (Lipinski definition) is 3. The molecule has 1 unspecified atom stereocenters. The minimum atomic E-state index is -0.378. The van der Waals surface area contributed by atoms with E-state index >= 15 is 0 Å². The first kappa shape index (κ1) is 13.4. The molecule has 0 aliphatic heterocycles. The van der Waals surface area contributed by atoms with Crippen LogP contribution in [0.25, 0.3) is 0 Å². The number of aliphatic hydroxyl groups is 1. The number of aromatic hydroxyl groups is 1. The summed E-state index contributed by atoms with van der Waals surface area (Å²) in [4.78, 5) is 0. The summed E-state index contributed by atoms with van der Waals surface area (Å²) in [6.07, 6.45) is 0. The standard InChI is InChI=1S/C15H16FNO2/c1-10(14-8-12(16)4-7-15(14)19)17-13-5-2-11(9-18)3-6-13/h2-8,10,17-19H,9H2,1H3. The SMILES string of the molecule is CC(Nc1ccc(CO)cc1)c1cc(F)ccc1O. The van der Waals surface area contributed by atoms with Crippen LogP contribution in [0.4, 0.5) is 10.1 Å². The Morgan fingerprint density at radius 1 is 1.16 bits per heavy atom. The molecule has 0 heterocycles. The lowest BCUT2D eigenvalue weighted by molar-refractivity contribution is 0.282. The third kappa shape index (κ3) is 3.23. The second-order valence-electron chi connectivity index (χ2n) is 4.42. The van der Waals surface area contributed by atoms with Gasteiger partial charge in [0, 0.05) is 11.3 Å². The molecule has 3 N–H and O–H groups in total. The quantitative estimate of drug-likeness (QED) is 0.792. The maximum absolute atomic E-state index is 13.2.